The molecule has 2 amide bonds. The lowest BCUT2D eigenvalue weighted by Gasteiger charge is -2.34. The number of carbonyl (C=O) groups is 2. The van der Waals surface area contributed by atoms with Gasteiger partial charge in [0.05, 0.1) is 5.41 Å². The molecule has 0 aromatic rings. The van der Waals surface area contributed by atoms with Crippen LogP contribution in [0.3, 0.4) is 0 Å². The van der Waals surface area contributed by atoms with Gasteiger partial charge in [0.25, 0.3) is 0 Å². The van der Waals surface area contributed by atoms with E-state index in [1.54, 1.807) is 4.90 Å². The van der Waals surface area contributed by atoms with Gasteiger partial charge < -0.3 is 16.0 Å². The molecule has 2 saturated heterocycles. The number of likely N-dealkylation sites (tertiary alicyclic amines) is 1. The van der Waals surface area contributed by atoms with E-state index in [0.717, 1.165) is 13.1 Å². The van der Waals surface area contributed by atoms with E-state index in [4.69, 9.17) is 5.73 Å². The van der Waals surface area contributed by atoms with Crippen LogP contribution in [0.1, 0.15) is 20.3 Å². The normalized spacial score (nSPS) is 31.1. The van der Waals surface area contributed by atoms with Crippen molar-refractivity contribution in [3.63, 3.8) is 0 Å². The van der Waals surface area contributed by atoms with Crippen LogP contribution in [0.2, 0.25) is 0 Å². The van der Waals surface area contributed by atoms with Crippen molar-refractivity contribution in [2.45, 2.75) is 20.3 Å². The van der Waals surface area contributed by atoms with Crippen molar-refractivity contribution in [2.75, 3.05) is 26.2 Å². The average molecular weight is 239 g/mol. The Kier molecular flexibility index (Phi) is 3.12. The van der Waals surface area contributed by atoms with E-state index in [0.29, 0.717) is 25.4 Å². The summed E-state index contributed by atoms with van der Waals surface area (Å²) in [7, 11) is 0. The summed E-state index contributed by atoms with van der Waals surface area (Å²) >= 11 is 0. The number of nitrogens with one attached hydrogen (secondary N) is 1. The number of nitrogens with zero attached hydrogens (tertiary/aromatic N) is 1. The van der Waals surface area contributed by atoms with Gasteiger partial charge in [0.2, 0.25) is 11.8 Å². The zero-order chi connectivity index (χ0) is 12.6. The number of rotatable bonds is 3. The summed E-state index contributed by atoms with van der Waals surface area (Å²) in [4.78, 5) is 25.4. The van der Waals surface area contributed by atoms with Crippen LogP contribution < -0.4 is 11.1 Å². The van der Waals surface area contributed by atoms with Gasteiger partial charge in [-0.1, -0.05) is 6.92 Å². The largest absolute Gasteiger partial charge is 0.369 e. The maximum atomic E-state index is 12.2. The SMILES string of the molecule is CC(C(=O)N1CCC(C)(C(N)=O)C1)C1CNC1. The van der Waals surface area contributed by atoms with E-state index in [-0.39, 0.29) is 17.7 Å². The molecule has 2 fully saturated rings. The molecule has 0 aromatic heterocycles. The van der Waals surface area contributed by atoms with Gasteiger partial charge in [-0.3, -0.25) is 9.59 Å². The molecule has 2 heterocycles. The van der Waals surface area contributed by atoms with Crippen LogP contribution in [0.4, 0.5) is 0 Å². The molecule has 5 heteroatoms. The summed E-state index contributed by atoms with van der Waals surface area (Å²) in [6, 6.07) is 0. The number of carbonyl (C=O) groups excluding carboxylic acids is 2. The van der Waals surface area contributed by atoms with Crippen molar-refractivity contribution in [3.8, 4) is 0 Å². The van der Waals surface area contributed by atoms with E-state index >= 15 is 0 Å². The van der Waals surface area contributed by atoms with Crippen molar-refractivity contribution >= 4 is 11.8 Å². The highest BCUT2D eigenvalue weighted by Gasteiger charge is 2.42. The van der Waals surface area contributed by atoms with E-state index in [1.165, 1.54) is 0 Å². The highest BCUT2D eigenvalue weighted by atomic mass is 16.2. The highest BCUT2D eigenvalue weighted by molar-refractivity contribution is 5.84. The molecule has 0 bridgehead atoms. The molecule has 0 aliphatic carbocycles. The Balaban J connectivity index is 1.95. The van der Waals surface area contributed by atoms with Crippen LogP contribution in [0.5, 0.6) is 0 Å². The van der Waals surface area contributed by atoms with Gasteiger partial charge >= 0.3 is 0 Å². The summed E-state index contributed by atoms with van der Waals surface area (Å²) in [5.74, 6) is 0.363. The van der Waals surface area contributed by atoms with Crippen molar-refractivity contribution in [1.82, 2.24) is 10.2 Å². The quantitative estimate of drug-likeness (QED) is 0.701. The summed E-state index contributed by atoms with van der Waals surface area (Å²) in [5, 5.41) is 3.18. The third-order valence-electron chi connectivity index (χ3n) is 4.29. The fraction of sp³-hybridized carbons (Fsp3) is 0.833. The lowest BCUT2D eigenvalue weighted by molar-refractivity contribution is -0.137. The zero-order valence-electron chi connectivity index (χ0n) is 10.5. The molecule has 5 nitrogen and oxygen atoms in total. The van der Waals surface area contributed by atoms with Crippen molar-refractivity contribution in [2.24, 2.45) is 23.0 Å². The van der Waals surface area contributed by atoms with Crippen LogP contribution in [0.15, 0.2) is 0 Å². The van der Waals surface area contributed by atoms with E-state index in [2.05, 4.69) is 5.32 Å². The van der Waals surface area contributed by atoms with E-state index in [9.17, 15) is 9.59 Å². The van der Waals surface area contributed by atoms with Crippen molar-refractivity contribution < 1.29 is 9.59 Å². The molecule has 2 atom stereocenters. The Bertz CT molecular complexity index is 341. The van der Waals surface area contributed by atoms with Crippen molar-refractivity contribution in [1.29, 1.82) is 0 Å². The maximum Gasteiger partial charge on any atom is 0.225 e. The monoisotopic (exact) mass is 239 g/mol. The molecule has 17 heavy (non-hydrogen) atoms. The molecular formula is C12H21N3O2. The first-order valence-electron chi connectivity index (χ1n) is 6.23. The smallest absolute Gasteiger partial charge is 0.225 e. The lowest BCUT2D eigenvalue weighted by Crippen LogP contribution is -2.50. The molecule has 3 N–H and O–H groups in total. The average Bonchev–Trinajstić information content (AvgIpc) is 2.58. The Morgan fingerprint density at radius 3 is 2.53 bits per heavy atom. The number of primary amides is 1. The molecule has 2 unspecified atom stereocenters. The third kappa shape index (κ3) is 2.16. The van der Waals surface area contributed by atoms with E-state index < -0.39 is 5.41 Å². The molecular weight excluding hydrogens is 218 g/mol. The first-order valence-corrected chi connectivity index (χ1v) is 6.23. The molecule has 96 valence electrons. The third-order valence-corrected chi connectivity index (χ3v) is 4.29. The van der Waals surface area contributed by atoms with Crippen molar-refractivity contribution in [3.05, 3.63) is 0 Å². The van der Waals surface area contributed by atoms with Crippen LogP contribution >= 0.6 is 0 Å². The molecule has 0 saturated carbocycles. The Hall–Kier alpha value is -1.10. The molecule has 0 radical (unpaired) electrons. The molecule has 0 aromatic carbocycles. The summed E-state index contributed by atoms with van der Waals surface area (Å²) in [6.45, 7) is 6.81. The molecule has 2 rings (SSSR count). The highest BCUT2D eigenvalue weighted by Crippen LogP contribution is 2.31. The number of amides is 2. The number of nitrogens with two attached hydrogens (primary N) is 1. The lowest BCUT2D eigenvalue weighted by atomic mass is 9.87. The Labute approximate surface area is 102 Å². The van der Waals surface area contributed by atoms with Gasteiger partial charge in [-0.15, -0.1) is 0 Å². The number of hydrogen-bond acceptors (Lipinski definition) is 3. The van der Waals surface area contributed by atoms with Crippen LogP contribution in [-0.2, 0) is 9.59 Å². The summed E-state index contributed by atoms with van der Waals surface area (Å²) in [5.41, 5.74) is 4.85. The van der Waals surface area contributed by atoms with Gasteiger partial charge in [0.15, 0.2) is 0 Å². The molecule has 2 aliphatic rings. The standard InChI is InChI=1S/C12H21N3O2/c1-8(9-5-14-6-9)10(16)15-4-3-12(2,7-15)11(13)17/h8-9,14H,3-7H2,1-2H3,(H2,13,17). The number of hydrogen-bond donors (Lipinski definition) is 2. The minimum atomic E-state index is -0.534. The second kappa shape index (κ2) is 4.29. The van der Waals surface area contributed by atoms with Gasteiger partial charge in [-0.05, 0) is 32.4 Å². The maximum absolute atomic E-state index is 12.2. The van der Waals surface area contributed by atoms with E-state index in [1.807, 2.05) is 13.8 Å². The topological polar surface area (TPSA) is 75.4 Å². The Morgan fingerprint density at radius 1 is 1.47 bits per heavy atom. The summed E-state index contributed by atoms with van der Waals surface area (Å²) < 4.78 is 0. The fourth-order valence-electron chi connectivity index (χ4n) is 2.50. The van der Waals surface area contributed by atoms with Crippen LogP contribution in [0.25, 0.3) is 0 Å². The second-order valence-electron chi connectivity index (χ2n) is 5.64. The first kappa shape index (κ1) is 12.4. The van der Waals surface area contributed by atoms with Gasteiger partial charge in [0.1, 0.15) is 0 Å². The predicted octanol–water partition coefficient (Wildman–Crippen LogP) is -0.434. The zero-order valence-corrected chi connectivity index (χ0v) is 10.5. The minimum Gasteiger partial charge on any atom is -0.369 e. The van der Waals surface area contributed by atoms with Crippen LogP contribution in [-0.4, -0.2) is 42.9 Å². The van der Waals surface area contributed by atoms with Gasteiger partial charge in [0, 0.05) is 19.0 Å². The summed E-state index contributed by atoms with van der Waals surface area (Å²) in [6.07, 6.45) is 0.684. The molecule has 0 spiro atoms. The van der Waals surface area contributed by atoms with Crippen LogP contribution in [0, 0.1) is 17.3 Å². The first-order chi connectivity index (χ1) is 7.94. The fourth-order valence-corrected chi connectivity index (χ4v) is 2.50. The van der Waals surface area contributed by atoms with Gasteiger partial charge in [-0.2, -0.15) is 0 Å². The Morgan fingerprint density at radius 2 is 2.12 bits per heavy atom. The molecule has 2 aliphatic heterocycles. The second-order valence-corrected chi connectivity index (χ2v) is 5.64. The predicted molar refractivity (Wildman–Crippen MR) is 64.0 cm³/mol. The van der Waals surface area contributed by atoms with Gasteiger partial charge in [-0.25, -0.2) is 0 Å². The minimum absolute atomic E-state index is 0.0477.